The third-order valence-electron chi connectivity index (χ3n) is 5.61. The maximum Gasteiger partial charge on any atom is 0.397 e. The Balaban J connectivity index is 1.71. The van der Waals surface area contributed by atoms with Gasteiger partial charge in [-0.05, 0) is 31.2 Å². The highest BCUT2D eigenvalue weighted by atomic mass is 16.5. The van der Waals surface area contributed by atoms with Crippen LogP contribution in [0.5, 0.6) is 5.75 Å². The highest BCUT2D eigenvalue weighted by Gasteiger charge is 2.55. The first-order valence-corrected chi connectivity index (χ1v) is 10.2. The predicted octanol–water partition coefficient (Wildman–Crippen LogP) is 0.758. The number of likely N-dealkylation sites (N-methyl/N-ethyl adjacent to an activating group) is 1. The third kappa shape index (κ3) is 3.51. The van der Waals surface area contributed by atoms with Gasteiger partial charge in [0.2, 0.25) is 11.9 Å². The average Bonchev–Trinajstić information content (AvgIpc) is 3.14. The van der Waals surface area contributed by atoms with Crippen molar-refractivity contribution in [3.63, 3.8) is 0 Å². The van der Waals surface area contributed by atoms with E-state index in [1.807, 2.05) is 40.7 Å². The van der Waals surface area contributed by atoms with Gasteiger partial charge in [-0.2, -0.15) is 0 Å². The van der Waals surface area contributed by atoms with Gasteiger partial charge in [-0.15, -0.1) is 0 Å². The summed E-state index contributed by atoms with van der Waals surface area (Å²) < 4.78 is 12.1. The van der Waals surface area contributed by atoms with Gasteiger partial charge in [0.25, 0.3) is 5.91 Å². The summed E-state index contributed by atoms with van der Waals surface area (Å²) in [7, 11) is 2.79. The molecule has 1 saturated heterocycles. The van der Waals surface area contributed by atoms with Crippen molar-refractivity contribution in [2.45, 2.75) is 19.9 Å². The molecule has 0 spiro atoms. The molecule has 0 saturated carbocycles. The van der Waals surface area contributed by atoms with Gasteiger partial charge in [0.1, 0.15) is 18.0 Å². The maximum atomic E-state index is 13.2. The lowest BCUT2D eigenvalue weighted by atomic mass is 10.1. The fraction of sp³-hybridized carbons (Fsp3) is 0.476. The van der Waals surface area contributed by atoms with Crippen LogP contribution in [0.15, 0.2) is 29.3 Å². The molecule has 0 aliphatic carbocycles. The quantitative estimate of drug-likeness (QED) is 0.508. The number of methoxy groups -OCH3 is 1. The molecule has 1 aromatic carbocycles. The van der Waals surface area contributed by atoms with Crippen molar-refractivity contribution >= 4 is 35.4 Å². The molecule has 1 fully saturated rings. The van der Waals surface area contributed by atoms with Crippen molar-refractivity contribution in [2.24, 2.45) is 10.9 Å². The molecule has 31 heavy (non-hydrogen) atoms. The molecule has 0 bridgehead atoms. The Hall–Kier alpha value is -3.43. The molecular weight excluding hydrogens is 402 g/mol. The van der Waals surface area contributed by atoms with Crippen LogP contribution in [0, 0.1) is 5.92 Å². The number of benzene rings is 1. The first kappa shape index (κ1) is 20.8. The predicted molar refractivity (Wildman–Crippen MR) is 112 cm³/mol. The minimum absolute atomic E-state index is 0.245. The van der Waals surface area contributed by atoms with Gasteiger partial charge in [-0.3, -0.25) is 14.5 Å². The number of esters is 1. The average molecular weight is 428 g/mol. The topological polar surface area (TPSA) is 94.8 Å². The number of amides is 3. The van der Waals surface area contributed by atoms with Crippen LogP contribution in [-0.2, 0) is 14.3 Å². The Morgan fingerprint density at radius 3 is 2.61 bits per heavy atom. The largest absolute Gasteiger partial charge is 0.494 e. The summed E-state index contributed by atoms with van der Waals surface area (Å²) in [6, 6.07) is 6.36. The molecule has 2 atom stereocenters. The van der Waals surface area contributed by atoms with E-state index in [0.717, 1.165) is 22.9 Å². The number of rotatable bonds is 5. The van der Waals surface area contributed by atoms with E-state index in [-0.39, 0.29) is 5.92 Å². The molecule has 0 aromatic heterocycles. The SMILES string of the molecule is CCOc1ccc(N2CC(C)C[N+]3=C2N=C2C3C(=O)N(CC(=O)OC)C(=O)N2C)cc1. The number of ether oxygens (including phenoxy) is 2. The van der Waals surface area contributed by atoms with E-state index in [0.29, 0.717) is 24.9 Å². The van der Waals surface area contributed by atoms with Crippen molar-refractivity contribution in [1.29, 1.82) is 0 Å². The molecule has 10 nitrogen and oxygen atoms in total. The Morgan fingerprint density at radius 1 is 1.26 bits per heavy atom. The summed E-state index contributed by atoms with van der Waals surface area (Å²) in [6.07, 6.45) is 0. The number of hydrogen-bond donors (Lipinski definition) is 0. The number of anilines is 1. The first-order chi connectivity index (χ1) is 14.8. The van der Waals surface area contributed by atoms with Crippen LogP contribution < -0.4 is 9.64 Å². The number of imide groups is 1. The number of hydrogen-bond acceptors (Lipinski definition) is 7. The zero-order chi connectivity index (χ0) is 22.3. The van der Waals surface area contributed by atoms with Gasteiger partial charge in [-0.1, -0.05) is 11.9 Å². The number of carbonyl (C=O) groups is 3. The van der Waals surface area contributed by atoms with Crippen molar-refractivity contribution < 1.29 is 28.4 Å². The highest BCUT2D eigenvalue weighted by molar-refractivity contribution is 6.24. The lowest BCUT2D eigenvalue weighted by Gasteiger charge is -2.34. The minimum atomic E-state index is -0.754. The second-order valence-corrected chi connectivity index (χ2v) is 7.81. The molecule has 164 valence electrons. The molecule has 10 heteroatoms. The molecule has 3 amide bonds. The number of nitrogens with zero attached hydrogens (tertiary/aromatic N) is 5. The van der Waals surface area contributed by atoms with Gasteiger partial charge in [0, 0.05) is 13.0 Å². The monoisotopic (exact) mass is 428 g/mol. The summed E-state index contributed by atoms with van der Waals surface area (Å²) in [5.41, 5.74) is 0.922. The maximum absolute atomic E-state index is 13.2. The summed E-state index contributed by atoms with van der Waals surface area (Å²) in [4.78, 5) is 46.7. The summed E-state index contributed by atoms with van der Waals surface area (Å²) >= 11 is 0. The molecule has 3 aliphatic rings. The highest BCUT2D eigenvalue weighted by Crippen LogP contribution is 2.29. The summed E-state index contributed by atoms with van der Waals surface area (Å²) in [5, 5.41) is 0. The van der Waals surface area contributed by atoms with E-state index in [2.05, 4.69) is 11.7 Å². The van der Waals surface area contributed by atoms with E-state index in [1.165, 1.54) is 12.0 Å². The van der Waals surface area contributed by atoms with E-state index in [9.17, 15) is 14.4 Å². The number of aliphatic imine (C=N–C) groups is 1. The number of fused-ring (bicyclic) bond motifs is 2. The van der Waals surface area contributed by atoms with Crippen LogP contribution in [0.25, 0.3) is 0 Å². The molecule has 0 radical (unpaired) electrons. The number of urea groups is 1. The van der Waals surface area contributed by atoms with E-state index in [4.69, 9.17) is 9.73 Å². The normalized spacial score (nSPS) is 23.0. The zero-order valence-corrected chi connectivity index (χ0v) is 18.1. The molecule has 0 N–H and O–H groups in total. The van der Waals surface area contributed by atoms with Gasteiger partial charge < -0.3 is 9.47 Å². The van der Waals surface area contributed by atoms with Crippen LogP contribution in [0.3, 0.4) is 0 Å². The van der Waals surface area contributed by atoms with Crippen molar-refractivity contribution in [3.05, 3.63) is 24.3 Å². The molecule has 2 unspecified atom stereocenters. The Kier molecular flexibility index (Phi) is 5.38. The van der Waals surface area contributed by atoms with E-state index >= 15 is 0 Å². The standard InChI is InChI=1S/C21H26N5O5/c1-5-31-15-8-6-14(7-9-15)24-10-13(2)11-25-17-18(22-20(24)25)23(3)21(29)26(19(17)28)12-16(27)30-4/h6-9,13,17H,5,10-12H2,1-4H3/q+1. The van der Waals surface area contributed by atoms with Crippen molar-refractivity contribution in [1.82, 2.24) is 9.80 Å². The van der Waals surface area contributed by atoms with Gasteiger partial charge in [0.15, 0.2) is 0 Å². The number of carbonyl (C=O) groups excluding carboxylic acids is 3. The molecule has 4 rings (SSSR count). The lowest BCUT2D eigenvalue weighted by Crippen LogP contribution is -2.64. The Morgan fingerprint density at radius 2 is 1.97 bits per heavy atom. The molecule has 3 aliphatic heterocycles. The van der Waals surface area contributed by atoms with Crippen LogP contribution in [0.1, 0.15) is 13.8 Å². The van der Waals surface area contributed by atoms with E-state index < -0.39 is 30.5 Å². The summed E-state index contributed by atoms with van der Waals surface area (Å²) in [6.45, 7) is 5.53. The smallest absolute Gasteiger partial charge is 0.397 e. The van der Waals surface area contributed by atoms with Crippen molar-refractivity contribution in [2.75, 3.05) is 45.3 Å². The molecule has 3 heterocycles. The van der Waals surface area contributed by atoms with Crippen LogP contribution in [-0.4, -0.2) is 90.5 Å². The van der Waals surface area contributed by atoms with Crippen molar-refractivity contribution in [3.8, 4) is 5.75 Å². The minimum Gasteiger partial charge on any atom is -0.494 e. The second kappa shape index (κ2) is 8.01. The third-order valence-corrected chi connectivity index (χ3v) is 5.61. The molecule has 1 aromatic rings. The second-order valence-electron chi connectivity index (χ2n) is 7.81. The fourth-order valence-corrected chi connectivity index (χ4v) is 4.14. The van der Waals surface area contributed by atoms with Crippen LogP contribution in [0.4, 0.5) is 10.5 Å². The summed E-state index contributed by atoms with van der Waals surface area (Å²) in [5.74, 6) is 0.897. The zero-order valence-electron chi connectivity index (χ0n) is 18.1. The van der Waals surface area contributed by atoms with Crippen LogP contribution >= 0.6 is 0 Å². The van der Waals surface area contributed by atoms with Crippen LogP contribution in [0.2, 0.25) is 0 Å². The van der Waals surface area contributed by atoms with Gasteiger partial charge in [0.05, 0.1) is 26.8 Å². The fourth-order valence-electron chi connectivity index (χ4n) is 4.14. The van der Waals surface area contributed by atoms with Gasteiger partial charge in [-0.25, -0.2) is 19.2 Å². The number of amidine groups is 1. The first-order valence-electron chi connectivity index (χ1n) is 10.2. The van der Waals surface area contributed by atoms with Gasteiger partial charge >= 0.3 is 18.0 Å². The Bertz CT molecular complexity index is 986. The molecular formula is C21H26N5O5+. The van der Waals surface area contributed by atoms with E-state index in [1.54, 1.807) is 7.05 Å². The number of guanidine groups is 1. The Labute approximate surface area is 180 Å². The lowest BCUT2D eigenvalue weighted by molar-refractivity contribution is -0.545.